The first-order valence-corrected chi connectivity index (χ1v) is 11.6. The fourth-order valence-corrected chi connectivity index (χ4v) is 5.40. The zero-order valence-corrected chi connectivity index (χ0v) is 18.0. The number of anilines is 1. The Balaban J connectivity index is 1.66. The minimum Gasteiger partial charge on any atom is -0.489 e. The van der Waals surface area contributed by atoms with Crippen molar-refractivity contribution in [2.24, 2.45) is 0 Å². The van der Waals surface area contributed by atoms with E-state index in [1.54, 1.807) is 48.5 Å². The van der Waals surface area contributed by atoms with Crippen molar-refractivity contribution in [2.75, 3.05) is 17.5 Å². The lowest BCUT2D eigenvalue weighted by Crippen LogP contribution is -2.38. The first-order chi connectivity index (χ1) is 15.9. The van der Waals surface area contributed by atoms with Crippen molar-refractivity contribution in [2.45, 2.75) is 11.0 Å². The number of ether oxygens (including phenoxy) is 1. The molecule has 0 saturated carbocycles. The van der Waals surface area contributed by atoms with Crippen LogP contribution in [0.3, 0.4) is 0 Å². The number of benzene rings is 3. The Morgan fingerprint density at radius 2 is 1.73 bits per heavy atom. The summed E-state index contributed by atoms with van der Waals surface area (Å²) in [5.41, 5.74) is -0.458. The fourth-order valence-electron chi connectivity index (χ4n) is 3.85. The summed E-state index contributed by atoms with van der Waals surface area (Å²) in [6, 6.07) is 18.8. The number of aliphatic hydroxyl groups is 1. The van der Waals surface area contributed by atoms with E-state index in [1.165, 1.54) is 24.3 Å². The lowest BCUT2D eigenvalue weighted by molar-refractivity contribution is 0.120. The van der Waals surface area contributed by atoms with Crippen molar-refractivity contribution in [1.29, 1.82) is 0 Å². The van der Waals surface area contributed by atoms with Gasteiger partial charge in [-0.25, -0.2) is 17.8 Å². The predicted molar refractivity (Wildman–Crippen MR) is 123 cm³/mol. The minimum atomic E-state index is -4.16. The standard InChI is InChI=1S/C23H19N3O6S/c27-16-13-25(20-10-3-4-11-21(20)32-14-16)33(30,31)17-7-5-6-15(12-17)26-22(28)18-8-1-2-9-19(18)24-23(26)29/h1-12,16,27H,13-14H2,(H,24,29). The van der Waals surface area contributed by atoms with Crippen molar-refractivity contribution in [3.05, 3.63) is 93.6 Å². The molecule has 1 unspecified atom stereocenters. The predicted octanol–water partition coefficient (Wildman–Crippen LogP) is 1.63. The Morgan fingerprint density at radius 3 is 2.58 bits per heavy atom. The number of nitrogens with zero attached hydrogens (tertiary/aromatic N) is 2. The molecule has 33 heavy (non-hydrogen) atoms. The van der Waals surface area contributed by atoms with E-state index in [0.717, 1.165) is 8.87 Å². The molecule has 1 aliphatic rings. The van der Waals surface area contributed by atoms with Crippen molar-refractivity contribution in [3.8, 4) is 11.4 Å². The highest BCUT2D eigenvalue weighted by molar-refractivity contribution is 7.92. The maximum atomic E-state index is 13.6. The molecule has 2 N–H and O–H groups in total. The van der Waals surface area contributed by atoms with Crippen LogP contribution in [0.25, 0.3) is 16.6 Å². The summed E-state index contributed by atoms with van der Waals surface area (Å²) in [4.78, 5) is 28.2. The van der Waals surface area contributed by atoms with E-state index in [1.807, 2.05) is 0 Å². The van der Waals surface area contributed by atoms with Crippen molar-refractivity contribution in [1.82, 2.24) is 9.55 Å². The van der Waals surface area contributed by atoms with Crippen LogP contribution in [0.2, 0.25) is 0 Å². The van der Waals surface area contributed by atoms with Crippen molar-refractivity contribution < 1.29 is 18.3 Å². The zero-order valence-electron chi connectivity index (χ0n) is 17.2. The number of para-hydroxylation sites is 3. The normalized spacial score (nSPS) is 16.2. The van der Waals surface area contributed by atoms with Gasteiger partial charge in [0, 0.05) is 0 Å². The quantitative estimate of drug-likeness (QED) is 0.474. The molecule has 0 saturated heterocycles. The maximum Gasteiger partial charge on any atom is 0.333 e. The summed E-state index contributed by atoms with van der Waals surface area (Å²) in [6.45, 7) is -0.259. The molecule has 0 amide bonds. The Kier molecular flexibility index (Phi) is 5.03. The van der Waals surface area contributed by atoms with Gasteiger partial charge in [-0.15, -0.1) is 0 Å². The summed E-state index contributed by atoms with van der Waals surface area (Å²) in [7, 11) is -4.16. The molecule has 0 fully saturated rings. The molecule has 1 aromatic heterocycles. The number of rotatable bonds is 3. The van der Waals surface area contributed by atoms with Crippen LogP contribution in [0.15, 0.2) is 87.3 Å². The minimum absolute atomic E-state index is 0.0507. The van der Waals surface area contributed by atoms with Gasteiger partial charge in [-0.3, -0.25) is 9.10 Å². The van der Waals surface area contributed by atoms with Crippen LogP contribution in [0.4, 0.5) is 5.69 Å². The first-order valence-electron chi connectivity index (χ1n) is 10.1. The molecule has 10 heteroatoms. The number of hydrogen-bond donors (Lipinski definition) is 2. The van der Waals surface area contributed by atoms with E-state index >= 15 is 0 Å². The molecule has 5 rings (SSSR count). The molecule has 168 valence electrons. The van der Waals surface area contributed by atoms with Gasteiger partial charge in [0.05, 0.1) is 33.7 Å². The van der Waals surface area contributed by atoms with Gasteiger partial charge < -0.3 is 14.8 Å². The molecule has 0 bridgehead atoms. The number of aromatic nitrogens is 2. The Morgan fingerprint density at radius 1 is 0.970 bits per heavy atom. The van der Waals surface area contributed by atoms with Crippen LogP contribution in [-0.2, 0) is 10.0 Å². The zero-order chi connectivity index (χ0) is 23.2. The molecule has 0 radical (unpaired) electrons. The third-order valence-corrected chi connectivity index (χ3v) is 7.19. The third kappa shape index (κ3) is 3.59. The number of nitrogens with one attached hydrogen (secondary N) is 1. The summed E-state index contributed by atoms with van der Waals surface area (Å²) in [5, 5.41) is 10.5. The second-order valence-corrected chi connectivity index (χ2v) is 9.44. The van der Waals surface area contributed by atoms with E-state index < -0.39 is 27.4 Å². The SMILES string of the molecule is O=c1[nH]c2ccccc2c(=O)n1-c1cccc(S(=O)(=O)N2CC(O)COc3ccccc32)c1. The van der Waals surface area contributed by atoms with Gasteiger partial charge in [0.1, 0.15) is 18.5 Å². The number of aliphatic hydroxyl groups excluding tert-OH is 1. The van der Waals surface area contributed by atoms with E-state index in [9.17, 15) is 23.1 Å². The van der Waals surface area contributed by atoms with Gasteiger partial charge in [0.25, 0.3) is 15.6 Å². The second-order valence-electron chi connectivity index (χ2n) is 7.58. The second kappa shape index (κ2) is 7.91. The molecular formula is C23H19N3O6S. The average molecular weight is 465 g/mol. The number of aromatic amines is 1. The highest BCUT2D eigenvalue weighted by Crippen LogP contribution is 2.34. The molecule has 3 aromatic carbocycles. The van der Waals surface area contributed by atoms with E-state index in [4.69, 9.17) is 4.74 Å². The summed E-state index contributed by atoms with van der Waals surface area (Å²) < 4.78 is 34.7. The van der Waals surface area contributed by atoms with Gasteiger partial charge in [0.2, 0.25) is 0 Å². The molecule has 4 aromatic rings. The Hall–Kier alpha value is -3.89. The van der Waals surface area contributed by atoms with Crippen LogP contribution in [0, 0.1) is 0 Å². The van der Waals surface area contributed by atoms with E-state index in [-0.39, 0.29) is 23.7 Å². The topological polar surface area (TPSA) is 122 Å². The van der Waals surface area contributed by atoms with Gasteiger partial charge in [-0.1, -0.05) is 30.3 Å². The number of hydrogen-bond acceptors (Lipinski definition) is 6. The van der Waals surface area contributed by atoms with Crippen LogP contribution in [-0.4, -0.2) is 42.3 Å². The number of H-pyrrole nitrogens is 1. The highest BCUT2D eigenvalue weighted by Gasteiger charge is 2.32. The summed E-state index contributed by atoms with van der Waals surface area (Å²) in [5.74, 6) is 0.330. The Labute approximate surface area is 188 Å². The third-order valence-electron chi connectivity index (χ3n) is 5.41. The van der Waals surface area contributed by atoms with Crippen LogP contribution in [0.5, 0.6) is 5.75 Å². The van der Waals surface area contributed by atoms with Gasteiger partial charge in [-0.05, 0) is 42.5 Å². The highest BCUT2D eigenvalue weighted by atomic mass is 32.2. The molecule has 2 heterocycles. The number of fused-ring (bicyclic) bond motifs is 2. The van der Waals surface area contributed by atoms with Crippen molar-refractivity contribution in [3.63, 3.8) is 0 Å². The van der Waals surface area contributed by atoms with E-state index in [0.29, 0.717) is 22.3 Å². The molecular weight excluding hydrogens is 446 g/mol. The molecule has 1 atom stereocenters. The smallest absolute Gasteiger partial charge is 0.333 e. The maximum absolute atomic E-state index is 13.6. The molecule has 9 nitrogen and oxygen atoms in total. The monoisotopic (exact) mass is 465 g/mol. The van der Waals surface area contributed by atoms with Gasteiger partial charge in [0.15, 0.2) is 0 Å². The lowest BCUT2D eigenvalue weighted by Gasteiger charge is -2.24. The molecule has 0 aliphatic carbocycles. The number of sulfonamides is 1. The molecule has 1 aliphatic heterocycles. The Bertz CT molecular complexity index is 1590. The number of β-amino-alcohol motifs (C(OH)–C–C–N with tert-alkyl or cyclic N) is 1. The van der Waals surface area contributed by atoms with Gasteiger partial charge >= 0.3 is 5.69 Å². The summed E-state index contributed by atoms with van der Waals surface area (Å²) in [6.07, 6.45) is -1.04. The van der Waals surface area contributed by atoms with Crippen LogP contribution < -0.4 is 20.3 Å². The van der Waals surface area contributed by atoms with Gasteiger partial charge in [-0.2, -0.15) is 0 Å². The average Bonchev–Trinajstić information content (AvgIpc) is 2.99. The summed E-state index contributed by atoms with van der Waals surface area (Å²) >= 11 is 0. The van der Waals surface area contributed by atoms with E-state index in [2.05, 4.69) is 4.98 Å². The fraction of sp³-hybridized carbons (Fsp3) is 0.130. The van der Waals surface area contributed by atoms with Crippen LogP contribution in [0.1, 0.15) is 0 Å². The van der Waals surface area contributed by atoms with Crippen molar-refractivity contribution >= 4 is 26.6 Å². The molecule has 0 spiro atoms. The largest absolute Gasteiger partial charge is 0.489 e. The lowest BCUT2D eigenvalue weighted by atomic mass is 10.2. The first kappa shape index (κ1) is 21.0. The van der Waals surface area contributed by atoms with Crippen LogP contribution >= 0.6 is 0 Å².